The normalized spacial score (nSPS) is 20.8. The van der Waals surface area contributed by atoms with Crippen molar-refractivity contribution < 1.29 is 9.15 Å². The van der Waals surface area contributed by atoms with Gasteiger partial charge in [-0.15, -0.1) is 11.3 Å². The van der Waals surface area contributed by atoms with Gasteiger partial charge in [-0.1, -0.05) is 0 Å². The van der Waals surface area contributed by atoms with Crippen LogP contribution in [0, 0.1) is 13.8 Å². The van der Waals surface area contributed by atoms with Crippen LogP contribution in [0.4, 0.5) is 0 Å². The van der Waals surface area contributed by atoms with Crippen molar-refractivity contribution in [1.29, 1.82) is 0 Å². The number of nitrogens with zero attached hydrogens (tertiary/aromatic N) is 3. The number of rotatable bonds is 3. The Morgan fingerprint density at radius 2 is 2.37 bits per heavy atom. The molecule has 0 aromatic carbocycles. The molecule has 1 saturated heterocycles. The van der Waals surface area contributed by atoms with Gasteiger partial charge in [0.2, 0.25) is 5.89 Å². The summed E-state index contributed by atoms with van der Waals surface area (Å²) in [7, 11) is 0. The van der Waals surface area contributed by atoms with Crippen LogP contribution in [0.3, 0.4) is 0 Å². The van der Waals surface area contributed by atoms with Gasteiger partial charge in [0.1, 0.15) is 16.9 Å². The van der Waals surface area contributed by atoms with E-state index in [1.165, 1.54) is 0 Å². The van der Waals surface area contributed by atoms with Crippen LogP contribution in [0.15, 0.2) is 16.0 Å². The van der Waals surface area contributed by atoms with Gasteiger partial charge in [0.25, 0.3) is 0 Å². The van der Waals surface area contributed by atoms with Crippen molar-refractivity contribution in [2.75, 3.05) is 19.7 Å². The number of morpholine rings is 1. The van der Waals surface area contributed by atoms with Crippen LogP contribution in [0.2, 0.25) is 0 Å². The summed E-state index contributed by atoms with van der Waals surface area (Å²) in [5.74, 6) is 1.69. The van der Waals surface area contributed by atoms with E-state index >= 15 is 0 Å². The van der Waals surface area contributed by atoms with Crippen molar-refractivity contribution in [3.05, 3.63) is 33.9 Å². The Labute approximate surface area is 116 Å². The number of aryl methyl sites for hydroxylation is 2. The van der Waals surface area contributed by atoms with E-state index in [1.54, 1.807) is 11.3 Å². The fraction of sp³-hybridized carbons (Fsp3) is 0.538. The third kappa shape index (κ3) is 2.86. The predicted molar refractivity (Wildman–Crippen MR) is 72.1 cm³/mol. The highest BCUT2D eigenvalue weighted by molar-refractivity contribution is 7.09. The van der Waals surface area contributed by atoms with Crippen molar-refractivity contribution in [2.45, 2.75) is 26.5 Å². The van der Waals surface area contributed by atoms with E-state index in [4.69, 9.17) is 9.15 Å². The van der Waals surface area contributed by atoms with E-state index in [1.807, 2.05) is 25.4 Å². The van der Waals surface area contributed by atoms with Crippen LogP contribution in [0.1, 0.15) is 28.5 Å². The lowest BCUT2D eigenvalue weighted by Gasteiger charge is -2.30. The molecule has 3 rings (SSSR count). The average Bonchev–Trinajstić information content (AvgIpc) is 3.01. The molecule has 0 aliphatic carbocycles. The number of hydrogen-bond donors (Lipinski definition) is 0. The lowest BCUT2D eigenvalue weighted by Crippen LogP contribution is -2.37. The first kappa shape index (κ1) is 12.8. The minimum Gasteiger partial charge on any atom is -0.444 e. The van der Waals surface area contributed by atoms with Crippen molar-refractivity contribution >= 4 is 11.3 Å². The minimum absolute atomic E-state index is 0.0749. The molecule has 0 amide bonds. The SMILES string of the molecule is Cc1nc(CN2CCO[C@@H](c3nccs3)C2)oc1C. The van der Waals surface area contributed by atoms with Gasteiger partial charge in [0.15, 0.2) is 0 Å². The molecule has 3 heterocycles. The van der Waals surface area contributed by atoms with Gasteiger partial charge in [0.05, 0.1) is 18.8 Å². The zero-order valence-electron chi connectivity index (χ0n) is 11.1. The van der Waals surface area contributed by atoms with E-state index in [9.17, 15) is 0 Å². The second kappa shape index (κ2) is 5.40. The first-order chi connectivity index (χ1) is 9.22. The molecule has 2 aromatic rings. The number of hydrogen-bond acceptors (Lipinski definition) is 6. The van der Waals surface area contributed by atoms with E-state index in [0.29, 0.717) is 0 Å². The first-order valence-electron chi connectivity index (χ1n) is 6.38. The lowest BCUT2D eigenvalue weighted by atomic mass is 10.3. The van der Waals surface area contributed by atoms with Crippen LogP contribution in [-0.4, -0.2) is 34.6 Å². The molecule has 0 spiro atoms. The van der Waals surface area contributed by atoms with E-state index in [2.05, 4.69) is 14.9 Å². The molecule has 6 heteroatoms. The summed E-state index contributed by atoms with van der Waals surface area (Å²) >= 11 is 1.64. The third-order valence-electron chi connectivity index (χ3n) is 3.31. The Hall–Kier alpha value is -1.24. The van der Waals surface area contributed by atoms with Gasteiger partial charge < -0.3 is 9.15 Å². The molecule has 102 valence electrons. The molecular formula is C13H17N3O2S. The lowest BCUT2D eigenvalue weighted by molar-refractivity contribution is -0.0352. The standard InChI is InChI=1S/C13H17N3O2S/c1-9-10(2)18-12(15-9)8-16-4-5-17-11(7-16)13-14-3-6-19-13/h3,6,11H,4-5,7-8H2,1-2H3/t11-/m1/s1. The maximum absolute atomic E-state index is 5.77. The maximum Gasteiger partial charge on any atom is 0.208 e. The second-order valence-electron chi connectivity index (χ2n) is 4.71. The summed E-state index contributed by atoms with van der Waals surface area (Å²) in [6, 6.07) is 0. The largest absolute Gasteiger partial charge is 0.444 e. The van der Waals surface area contributed by atoms with Crippen molar-refractivity contribution in [3.63, 3.8) is 0 Å². The van der Waals surface area contributed by atoms with Gasteiger partial charge in [-0.2, -0.15) is 0 Å². The number of thiazole rings is 1. The van der Waals surface area contributed by atoms with Crippen molar-refractivity contribution in [2.24, 2.45) is 0 Å². The van der Waals surface area contributed by atoms with Crippen LogP contribution in [-0.2, 0) is 11.3 Å². The Balaban J connectivity index is 1.65. The van der Waals surface area contributed by atoms with Crippen molar-refractivity contribution in [1.82, 2.24) is 14.9 Å². The summed E-state index contributed by atoms with van der Waals surface area (Å²) in [4.78, 5) is 11.1. The third-order valence-corrected chi connectivity index (χ3v) is 4.18. The molecule has 0 N–H and O–H groups in total. The average molecular weight is 279 g/mol. The minimum atomic E-state index is 0.0749. The van der Waals surface area contributed by atoms with Crippen LogP contribution < -0.4 is 0 Å². The summed E-state index contributed by atoms with van der Waals surface area (Å²) in [5, 5.41) is 3.03. The van der Waals surface area contributed by atoms with E-state index in [0.717, 1.165) is 48.6 Å². The molecule has 2 aromatic heterocycles. The fourth-order valence-electron chi connectivity index (χ4n) is 2.19. The predicted octanol–water partition coefficient (Wildman–Crippen LogP) is 2.32. The topological polar surface area (TPSA) is 51.4 Å². The molecule has 1 fully saturated rings. The first-order valence-corrected chi connectivity index (χ1v) is 7.26. The smallest absolute Gasteiger partial charge is 0.208 e. The Kier molecular flexibility index (Phi) is 3.63. The molecule has 1 aliphatic heterocycles. The van der Waals surface area contributed by atoms with Gasteiger partial charge in [-0.05, 0) is 13.8 Å². The van der Waals surface area contributed by atoms with E-state index in [-0.39, 0.29) is 6.10 Å². The zero-order chi connectivity index (χ0) is 13.2. The molecule has 0 unspecified atom stereocenters. The number of ether oxygens (including phenoxy) is 1. The maximum atomic E-state index is 5.77. The molecule has 0 saturated carbocycles. The Morgan fingerprint density at radius 3 is 3.05 bits per heavy atom. The van der Waals surface area contributed by atoms with Crippen LogP contribution in [0.25, 0.3) is 0 Å². The molecule has 1 atom stereocenters. The fourth-order valence-corrected chi connectivity index (χ4v) is 2.86. The summed E-state index contributed by atoms with van der Waals surface area (Å²) in [6.07, 6.45) is 1.90. The zero-order valence-corrected chi connectivity index (χ0v) is 11.9. The van der Waals surface area contributed by atoms with Crippen molar-refractivity contribution in [3.8, 4) is 0 Å². The highest BCUT2D eigenvalue weighted by Crippen LogP contribution is 2.24. The van der Waals surface area contributed by atoms with Gasteiger partial charge >= 0.3 is 0 Å². The summed E-state index contributed by atoms with van der Waals surface area (Å²) in [5.41, 5.74) is 0.972. The van der Waals surface area contributed by atoms with Gasteiger partial charge in [0, 0.05) is 24.7 Å². The number of aromatic nitrogens is 2. The summed E-state index contributed by atoms with van der Waals surface area (Å²) in [6.45, 7) is 7.13. The highest BCUT2D eigenvalue weighted by atomic mass is 32.1. The molecular weight excluding hydrogens is 262 g/mol. The summed E-state index contributed by atoms with van der Waals surface area (Å²) < 4.78 is 11.4. The number of oxazole rings is 1. The quantitative estimate of drug-likeness (QED) is 0.863. The molecule has 5 nitrogen and oxygen atoms in total. The van der Waals surface area contributed by atoms with E-state index < -0.39 is 0 Å². The van der Waals surface area contributed by atoms with Gasteiger partial charge in [-0.3, -0.25) is 4.90 Å². The Bertz CT molecular complexity index is 519. The monoisotopic (exact) mass is 279 g/mol. The van der Waals surface area contributed by atoms with Crippen LogP contribution in [0.5, 0.6) is 0 Å². The molecule has 1 aliphatic rings. The Morgan fingerprint density at radius 1 is 1.47 bits per heavy atom. The second-order valence-corrected chi connectivity index (χ2v) is 5.64. The highest BCUT2D eigenvalue weighted by Gasteiger charge is 2.24. The molecule has 0 bridgehead atoms. The molecule has 0 radical (unpaired) electrons. The van der Waals surface area contributed by atoms with Crippen LogP contribution >= 0.6 is 11.3 Å². The molecule has 19 heavy (non-hydrogen) atoms. The van der Waals surface area contributed by atoms with Gasteiger partial charge in [-0.25, -0.2) is 9.97 Å².